The van der Waals surface area contributed by atoms with Crippen molar-refractivity contribution >= 4 is 17.1 Å². The molecule has 72 valence electrons. The quantitative estimate of drug-likeness (QED) is 0.780. The third kappa shape index (κ3) is 3.28. The van der Waals surface area contributed by atoms with Crippen molar-refractivity contribution in [1.29, 1.82) is 0 Å². The van der Waals surface area contributed by atoms with Crippen LogP contribution in [0.15, 0.2) is 16.8 Å². The Morgan fingerprint density at radius 1 is 1.69 bits per heavy atom. The zero-order valence-electron chi connectivity index (χ0n) is 8.04. The van der Waals surface area contributed by atoms with Gasteiger partial charge >= 0.3 is 0 Å². The molecule has 1 aromatic rings. The van der Waals surface area contributed by atoms with Gasteiger partial charge in [0.25, 0.3) is 0 Å². The monoisotopic (exact) mass is 197 g/mol. The Hall–Kier alpha value is -0.670. The van der Waals surface area contributed by atoms with Crippen molar-refractivity contribution in [1.82, 2.24) is 5.32 Å². The maximum absolute atomic E-state index is 11.2. The van der Waals surface area contributed by atoms with Crippen LogP contribution in [0.3, 0.4) is 0 Å². The molecule has 1 N–H and O–H groups in total. The average molecular weight is 197 g/mol. The number of thiophene rings is 1. The molecule has 0 amide bonds. The molecule has 1 unspecified atom stereocenters. The fourth-order valence-corrected chi connectivity index (χ4v) is 1.93. The number of ketones is 1. The van der Waals surface area contributed by atoms with E-state index in [1.165, 1.54) is 5.56 Å². The van der Waals surface area contributed by atoms with Gasteiger partial charge in [0.05, 0.1) is 6.04 Å². The number of likely N-dealkylation sites (N-methyl/N-ethyl adjacent to an activating group) is 1. The highest BCUT2D eigenvalue weighted by molar-refractivity contribution is 7.07. The first-order chi connectivity index (χ1) is 6.24. The molecule has 0 aliphatic carbocycles. The molecule has 1 heterocycles. The molecule has 1 atom stereocenters. The number of carbonyl (C=O) groups excluding carboxylic acids is 1. The number of Topliss-reactive ketones (excluding diaryl/α,β-unsaturated/α-hetero) is 1. The lowest BCUT2D eigenvalue weighted by molar-refractivity contribution is -0.118. The minimum absolute atomic E-state index is 0.0143. The summed E-state index contributed by atoms with van der Waals surface area (Å²) in [5.74, 6) is 0.216. The molecule has 0 aliphatic rings. The molecular weight excluding hydrogens is 182 g/mol. The summed E-state index contributed by atoms with van der Waals surface area (Å²) in [7, 11) is 0. The molecule has 0 spiro atoms. The van der Waals surface area contributed by atoms with E-state index in [0.717, 1.165) is 13.0 Å². The van der Waals surface area contributed by atoms with Crippen LogP contribution in [0.1, 0.15) is 19.4 Å². The predicted molar refractivity (Wildman–Crippen MR) is 56.2 cm³/mol. The van der Waals surface area contributed by atoms with E-state index >= 15 is 0 Å². The van der Waals surface area contributed by atoms with Crippen molar-refractivity contribution in [3.63, 3.8) is 0 Å². The highest BCUT2D eigenvalue weighted by Crippen LogP contribution is 2.09. The van der Waals surface area contributed by atoms with Crippen molar-refractivity contribution < 1.29 is 4.79 Å². The predicted octanol–water partition coefficient (Wildman–Crippen LogP) is 1.86. The van der Waals surface area contributed by atoms with Gasteiger partial charge in [-0.05, 0) is 42.3 Å². The highest BCUT2D eigenvalue weighted by Gasteiger charge is 2.12. The second kappa shape index (κ2) is 5.14. The Labute approximate surface area is 83.0 Å². The molecule has 0 fully saturated rings. The van der Waals surface area contributed by atoms with E-state index in [2.05, 4.69) is 16.8 Å². The molecule has 0 aliphatic heterocycles. The van der Waals surface area contributed by atoms with Gasteiger partial charge in [0.1, 0.15) is 5.78 Å². The fraction of sp³-hybridized carbons (Fsp3) is 0.500. The van der Waals surface area contributed by atoms with E-state index in [1.54, 1.807) is 18.3 Å². The molecule has 0 aromatic carbocycles. The Morgan fingerprint density at radius 2 is 2.46 bits per heavy atom. The van der Waals surface area contributed by atoms with Crippen LogP contribution in [0, 0.1) is 0 Å². The minimum Gasteiger partial charge on any atom is -0.307 e. The van der Waals surface area contributed by atoms with Gasteiger partial charge in [0.15, 0.2) is 0 Å². The highest BCUT2D eigenvalue weighted by atomic mass is 32.1. The topological polar surface area (TPSA) is 29.1 Å². The summed E-state index contributed by atoms with van der Waals surface area (Å²) in [5.41, 5.74) is 1.24. The van der Waals surface area contributed by atoms with Gasteiger partial charge < -0.3 is 5.32 Å². The fourth-order valence-electron chi connectivity index (χ4n) is 1.25. The van der Waals surface area contributed by atoms with Gasteiger partial charge in [-0.3, -0.25) is 4.79 Å². The molecular formula is C10H15NOS. The van der Waals surface area contributed by atoms with Gasteiger partial charge in [-0.1, -0.05) is 6.92 Å². The van der Waals surface area contributed by atoms with Gasteiger partial charge in [0, 0.05) is 0 Å². The van der Waals surface area contributed by atoms with Gasteiger partial charge in [-0.2, -0.15) is 11.3 Å². The first kappa shape index (κ1) is 10.4. The van der Waals surface area contributed by atoms with Crippen LogP contribution in [0.2, 0.25) is 0 Å². The molecule has 13 heavy (non-hydrogen) atoms. The maximum atomic E-state index is 11.2. The standard InChI is InChI=1S/C10H15NOS/c1-3-11-10(8(2)12)6-9-4-5-13-7-9/h4-5,7,10-11H,3,6H2,1-2H3. The molecule has 0 saturated carbocycles. The Morgan fingerprint density at radius 3 is 2.92 bits per heavy atom. The van der Waals surface area contributed by atoms with E-state index in [4.69, 9.17) is 0 Å². The lowest BCUT2D eigenvalue weighted by Gasteiger charge is -2.13. The molecule has 0 bridgehead atoms. The largest absolute Gasteiger partial charge is 0.307 e. The third-order valence-corrected chi connectivity index (χ3v) is 2.69. The average Bonchev–Trinajstić information content (AvgIpc) is 2.56. The third-order valence-electron chi connectivity index (χ3n) is 1.96. The van der Waals surface area contributed by atoms with Gasteiger partial charge in [0.2, 0.25) is 0 Å². The summed E-state index contributed by atoms with van der Waals surface area (Å²) in [6, 6.07) is 2.05. The summed E-state index contributed by atoms with van der Waals surface area (Å²) in [6.07, 6.45) is 0.812. The SMILES string of the molecule is CCNC(Cc1ccsc1)C(C)=O. The molecule has 1 rings (SSSR count). The van der Waals surface area contributed by atoms with Crippen LogP contribution >= 0.6 is 11.3 Å². The van der Waals surface area contributed by atoms with Crippen LogP contribution in [0.25, 0.3) is 0 Å². The number of hydrogen-bond donors (Lipinski definition) is 1. The molecule has 0 saturated heterocycles. The number of nitrogens with one attached hydrogen (secondary N) is 1. The van der Waals surface area contributed by atoms with Crippen LogP contribution in [0.4, 0.5) is 0 Å². The summed E-state index contributed by atoms with van der Waals surface area (Å²) >= 11 is 1.67. The summed E-state index contributed by atoms with van der Waals surface area (Å²) < 4.78 is 0. The van der Waals surface area contributed by atoms with Gasteiger partial charge in [-0.25, -0.2) is 0 Å². The van der Waals surface area contributed by atoms with Crippen LogP contribution in [-0.4, -0.2) is 18.4 Å². The van der Waals surface area contributed by atoms with Crippen molar-refractivity contribution in [2.75, 3.05) is 6.54 Å². The molecule has 0 radical (unpaired) electrons. The summed E-state index contributed by atoms with van der Waals surface area (Å²) in [4.78, 5) is 11.2. The zero-order valence-corrected chi connectivity index (χ0v) is 8.86. The second-order valence-corrected chi connectivity index (χ2v) is 3.84. The smallest absolute Gasteiger partial charge is 0.147 e. The van der Waals surface area contributed by atoms with Crippen molar-refractivity contribution in [2.45, 2.75) is 26.3 Å². The lowest BCUT2D eigenvalue weighted by Crippen LogP contribution is -2.36. The van der Waals surface area contributed by atoms with Crippen molar-refractivity contribution in [3.8, 4) is 0 Å². The first-order valence-electron chi connectivity index (χ1n) is 4.49. The maximum Gasteiger partial charge on any atom is 0.147 e. The molecule has 3 heteroatoms. The van der Waals surface area contributed by atoms with Crippen molar-refractivity contribution in [2.24, 2.45) is 0 Å². The summed E-state index contributed by atoms with van der Waals surface area (Å²) in [6.45, 7) is 4.50. The first-order valence-corrected chi connectivity index (χ1v) is 5.43. The minimum atomic E-state index is -0.0143. The van der Waals surface area contributed by atoms with E-state index in [-0.39, 0.29) is 11.8 Å². The second-order valence-electron chi connectivity index (χ2n) is 3.06. The van der Waals surface area contributed by atoms with E-state index in [1.807, 2.05) is 12.3 Å². The Kier molecular flexibility index (Phi) is 4.12. The molecule has 2 nitrogen and oxygen atoms in total. The van der Waals surface area contributed by atoms with E-state index in [9.17, 15) is 4.79 Å². The van der Waals surface area contributed by atoms with E-state index < -0.39 is 0 Å². The normalized spacial score (nSPS) is 12.8. The number of rotatable bonds is 5. The lowest BCUT2D eigenvalue weighted by atomic mass is 10.1. The Balaban J connectivity index is 2.52. The molecule has 1 aromatic heterocycles. The van der Waals surface area contributed by atoms with Crippen LogP contribution < -0.4 is 5.32 Å². The number of carbonyl (C=O) groups is 1. The zero-order chi connectivity index (χ0) is 9.68. The van der Waals surface area contributed by atoms with Crippen molar-refractivity contribution in [3.05, 3.63) is 22.4 Å². The number of hydrogen-bond acceptors (Lipinski definition) is 3. The van der Waals surface area contributed by atoms with E-state index in [0.29, 0.717) is 0 Å². The summed E-state index contributed by atoms with van der Waals surface area (Å²) in [5, 5.41) is 7.31. The van der Waals surface area contributed by atoms with Crippen LogP contribution in [0.5, 0.6) is 0 Å². The Bertz CT molecular complexity index is 256. The van der Waals surface area contributed by atoms with Gasteiger partial charge in [-0.15, -0.1) is 0 Å². The van der Waals surface area contributed by atoms with Crippen LogP contribution in [-0.2, 0) is 11.2 Å².